The summed E-state index contributed by atoms with van der Waals surface area (Å²) in [6.07, 6.45) is -0.567. The zero-order valence-electron chi connectivity index (χ0n) is 19.2. The standard InChI is InChI=1S/C19H27N5O3.C2HF3O2/c1-22(2)19(25)13-27-8-6-15-10-23-7-4-5-16(23)12-24(11-15)17-9-18(26-3)21-14-20-17;3-2(4,5)1(6)7/h4-5,7,9,14-15H,6,8,10-13H2,1-3H3;(H,6,7). The molecule has 1 atom stereocenters. The largest absolute Gasteiger partial charge is 0.490 e. The minimum atomic E-state index is -5.08. The van der Waals surface area contributed by atoms with Crippen molar-refractivity contribution in [2.75, 3.05) is 45.9 Å². The molecule has 0 aliphatic carbocycles. The van der Waals surface area contributed by atoms with Gasteiger partial charge in [0.2, 0.25) is 11.8 Å². The molecule has 2 aromatic rings. The first-order chi connectivity index (χ1) is 16.0. The van der Waals surface area contributed by atoms with Crippen molar-refractivity contribution in [3.63, 3.8) is 0 Å². The van der Waals surface area contributed by atoms with Crippen LogP contribution in [-0.2, 0) is 27.4 Å². The summed E-state index contributed by atoms with van der Waals surface area (Å²) in [4.78, 5) is 32.9. The van der Waals surface area contributed by atoms with E-state index in [1.165, 1.54) is 12.0 Å². The highest BCUT2D eigenvalue weighted by Crippen LogP contribution is 2.25. The van der Waals surface area contributed by atoms with Gasteiger partial charge in [-0.15, -0.1) is 0 Å². The first-order valence-corrected chi connectivity index (χ1v) is 10.3. The van der Waals surface area contributed by atoms with Gasteiger partial charge in [-0.2, -0.15) is 13.2 Å². The van der Waals surface area contributed by atoms with Crippen molar-refractivity contribution < 1.29 is 37.3 Å². The Bertz CT molecular complexity index is 951. The summed E-state index contributed by atoms with van der Waals surface area (Å²) in [5.41, 5.74) is 1.25. The molecule has 10 nitrogen and oxygen atoms in total. The number of hydrogen-bond acceptors (Lipinski definition) is 7. The van der Waals surface area contributed by atoms with Crippen LogP contribution >= 0.6 is 0 Å². The van der Waals surface area contributed by atoms with Gasteiger partial charge in [0, 0.05) is 51.7 Å². The summed E-state index contributed by atoms with van der Waals surface area (Å²) in [5, 5.41) is 7.12. The van der Waals surface area contributed by atoms with Crippen LogP contribution in [0.2, 0.25) is 0 Å². The molecule has 0 bridgehead atoms. The van der Waals surface area contributed by atoms with Crippen molar-refractivity contribution in [2.24, 2.45) is 5.92 Å². The molecule has 2 aromatic heterocycles. The predicted octanol–water partition coefficient (Wildman–Crippen LogP) is 2.05. The monoisotopic (exact) mass is 487 g/mol. The molecule has 3 rings (SSSR count). The lowest BCUT2D eigenvalue weighted by atomic mass is 10.1. The number of ether oxygens (including phenoxy) is 2. The minimum Gasteiger partial charge on any atom is -0.481 e. The molecule has 1 aliphatic rings. The molecule has 1 N–H and O–H groups in total. The summed E-state index contributed by atoms with van der Waals surface area (Å²) >= 11 is 0. The molecule has 3 heterocycles. The van der Waals surface area contributed by atoms with Crippen molar-refractivity contribution in [1.82, 2.24) is 19.4 Å². The third-order valence-electron chi connectivity index (χ3n) is 5.01. The Balaban J connectivity index is 0.000000509. The summed E-state index contributed by atoms with van der Waals surface area (Å²) < 4.78 is 44.8. The van der Waals surface area contributed by atoms with E-state index in [1.54, 1.807) is 26.1 Å². The Kier molecular flexibility index (Phi) is 9.66. The number of halogens is 3. The van der Waals surface area contributed by atoms with Gasteiger partial charge in [0.05, 0.1) is 13.7 Å². The van der Waals surface area contributed by atoms with Gasteiger partial charge in [0.1, 0.15) is 18.8 Å². The maximum Gasteiger partial charge on any atom is 0.490 e. The number of alkyl halides is 3. The zero-order valence-corrected chi connectivity index (χ0v) is 19.2. The van der Waals surface area contributed by atoms with E-state index in [2.05, 4.69) is 37.8 Å². The van der Waals surface area contributed by atoms with Crippen LogP contribution in [0.3, 0.4) is 0 Å². The lowest BCUT2D eigenvalue weighted by Gasteiger charge is -2.25. The summed E-state index contributed by atoms with van der Waals surface area (Å²) in [5.74, 6) is -0.980. The van der Waals surface area contributed by atoms with Crippen molar-refractivity contribution in [1.29, 1.82) is 0 Å². The second kappa shape index (κ2) is 12.2. The van der Waals surface area contributed by atoms with E-state index in [9.17, 15) is 18.0 Å². The topological polar surface area (TPSA) is 110 Å². The van der Waals surface area contributed by atoms with Gasteiger partial charge >= 0.3 is 12.1 Å². The number of anilines is 1. The van der Waals surface area contributed by atoms with Gasteiger partial charge < -0.3 is 28.9 Å². The van der Waals surface area contributed by atoms with Crippen molar-refractivity contribution in [3.8, 4) is 5.88 Å². The lowest BCUT2D eigenvalue weighted by Crippen LogP contribution is -2.30. The smallest absolute Gasteiger partial charge is 0.481 e. The Morgan fingerprint density at radius 2 is 1.97 bits per heavy atom. The molecule has 188 valence electrons. The molecule has 1 amide bonds. The highest BCUT2D eigenvalue weighted by Gasteiger charge is 2.38. The summed E-state index contributed by atoms with van der Waals surface area (Å²) in [6.45, 7) is 3.24. The van der Waals surface area contributed by atoms with Crippen molar-refractivity contribution in [2.45, 2.75) is 25.7 Å². The number of rotatable bonds is 7. The first kappa shape index (κ1) is 26.9. The van der Waals surface area contributed by atoms with E-state index in [1.807, 2.05) is 6.07 Å². The molecule has 0 saturated carbocycles. The highest BCUT2D eigenvalue weighted by atomic mass is 19.4. The molecule has 0 saturated heterocycles. The maximum absolute atomic E-state index is 11.6. The van der Waals surface area contributed by atoms with E-state index in [4.69, 9.17) is 19.4 Å². The third-order valence-corrected chi connectivity index (χ3v) is 5.01. The van der Waals surface area contributed by atoms with Gasteiger partial charge in [0.15, 0.2) is 0 Å². The summed E-state index contributed by atoms with van der Waals surface area (Å²) in [6, 6.07) is 6.07. The molecule has 1 aliphatic heterocycles. The fourth-order valence-electron chi connectivity index (χ4n) is 3.19. The van der Waals surface area contributed by atoms with Crippen LogP contribution in [-0.4, -0.2) is 83.6 Å². The highest BCUT2D eigenvalue weighted by molar-refractivity contribution is 5.76. The van der Waals surface area contributed by atoms with Crippen LogP contribution < -0.4 is 9.64 Å². The first-order valence-electron chi connectivity index (χ1n) is 10.3. The van der Waals surface area contributed by atoms with E-state index >= 15 is 0 Å². The molecule has 0 fully saturated rings. The van der Waals surface area contributed by atoms with Crippen LogP contribution in [0.5, 0.6) is 5.88 Å². The van der Waals surface area contributed by atoms with Crippen LogP contribution in [0.1, 0.15) is 12.1 Å². The number of carbonyl (C=O) groups is 2. The number of carboxylic acid groups (broad SMARTS) is 1. The third kappa shape index (κ3) is 8.21. The second-order valence-electron chi connectivity index (χ2n) is 7.75. The fraction of sp³-hybridized carbons (Fsp3) is 0.524. The fourth-order valence-corrected chi connectivity index (χ4v) is 3.19. The molecule has 1 unspecified atom stereocenters. The number of likely N-dealkylation sites (N-methyl/N-ethyl adjacent to an activating group) is 1. The molecule has 0 spiro atoms. The SMILES string of the molecule is COc1cc(N2Cc3cccn3CC(CCOCC(=O)N(C)C)C2)ncn1.O=C(O)C(F)(F)F. The number of carboxylic acids is 1. The second-order valence-corrected chi connectivity index (χ2v) is 7.75. The number of hydrogen-bond donors (Lipinski definition) is 1. The Morgan fingerprint density at radius 1 is 1.26 bits per heavy atom. The molecule has 13 heteroatoms. The number of carbonyl (C=O) groups excluding carboxylic acids is 1. The van der Waals surface area contributed by atoms with E-state index in [-0.39, 0.29) is 12.5 Å². The van der Waals surface area contributed by atoms with Crippen molar-refractivity contribution in [3.05, 3.63) is 36.4 Å². The number of aliphatic carboxylic acids is 1. The van der Waals surface area contributed by atoms with Gasteiger partial charge in [0.25, 0.3) is 0 Å². The molecular weight excluding hydrogens is 459 g/mol. The number of amides is 1. The van der Waals surface area contributed by atoms with E-state index < -0.39 is 12.1 Å². The van der Waals surface area contributed by atoms with Crippen LogP contribution in [0.25, 0.3) is 0 Å². The van der Waals surface area contributed by atoms with Crippen LogP contribution in [0.4, 0.5) is 19.0 Å². The van der Waals surface area contributed by atoms with E-state index in [0.717, 1.165) is 31.9 Å². The number of nitrogens with zero attached hydrogens (tertiary/aromatic N) is 5. The van der Waals surface area contributed by atoms with Gasteiger partial charge in [-0.05, 0) is 24.5 Å². The van der Waals surface area contributed by atoms with Crippen molar-refractivity contribution >= 4 is 17.7 Å². The average Bonchev–Trinajstić information content (AvgIpc) is 3.14. The minimum absolute atomic E-state index is 0.0155. The average molecular weight is 487 g/mol. The molecule has 0 radical (unpaired) electrons. The quantitative estimate of drug-likeness (QED) is 0.591. The number of aromatic nitrogens is 3. The Hall–Kier alpha value is -3.35. The lowest BCUT2D eigenvalue weighted by molar-refractivity contribution is -0.192. The predicted molar refractivity (Wildman–Crippen MR) is 115 cm³/mol. The van der Waals surface area contributed by atoms with Crippen LogP contribution in [0, 0.1) is 5.92 Å². The number of methoxy groups -OCH3 is 1. The zero-order chi connectivity index (χ0) is 25.3. The van der Waals surface area contributed by atoms with E-state index in [0.29, 0.717) is 18.4 Å². The molecule has 0 aromatic carbocycles. The van der Waals surface area contributed by atoms with Gasteiger partial charge in [-0.3, -0.25) is 4.79 Å². The number of fused-ring (bicyclic) bond motifs is 1. The molecule has 34 heavy (non-hydrogen) atoms. The Morgan fingerprint density at radius 3 is 2.59 bits per heavy atom. The van der Waals surface area contributed by atoms with Gasteiger partial charge in [-0.1, -0.05) is 0 Å². The van der Waals surface area contributed by atoms with Gasteiger partial charge in [-0.25, -0.2) is 14.8 Å². The molecular formula is C21H28F3N5O5. The summed E-state index contributed by atoms with van der Waals surface area (Å²) in [7, 11) is 5.08. The van der Waals surface area contributed by atoms with Crippen LogP contribution in [0.15, 0.2) is 30.7 Å². The Labute approximate surface area is 194 Å². The normalized spacial score (nSPS) is 15.5. The maximum atomic E-state index is 11.6.